The molecule has 4 aromatic rings. The summed E-state index contributed by atoms with van der Waals surface area (Å²) in [5.74, 6) is -0.950. The maximum atomic E-state index is 14.7. The molecule has 1 amide bonds. The molecule has 1 aliphatic rings. The van der Waals surface area contributed by atoms with E-state index in [1.807, 2.05) is 0 Å². The van der Waals surface area contributed by atoms with Crippen molar-refractivity contribution < 1.29 is 13.6 Å². The molecule has 0 saturated heterocycles. The Morgan fingerprint density at radius 1 is 0.966 bits per heavy atom. The smallest absolute Gasteiger partial charge is 0.291 e. The standard InChI is InChI=1S/C23H15FN2O3/c24-17-7-3-1-5-15(17)20-19-21(27)16-6-2-4-8-18(16)29-22(19)23(28)26(20)13-14-9-11-25-12-10-14/h1-12,20H,13H2. The van der Waals surface area contributed by atoms with Crippen molar-refractivity contribution in [3.8, 4) is 0 Å². The van der Waals surface area contributed by atoms with E-state index in [-0.39, 0.29) is 28.9 Å². The van der Waals surface area contributed by atoms with E-state index in [0.717, 1.165) is 5.56 Å². The Kier molecular flexibility index (Phi) is 3.98. The summed E-state index contributed by atoms with van der Waals surface area (Å²) in [6.07, 6.45) is 3.25. The first-order valence-electron chi connectivity index (χ1n) is 9.15. The highest BCUT2D eigenvalue weighted by Gasteiger charge is 2.43. The normalized spacial score (nSPS) is 15.7. The van der Waals surface area contributed by atoms with Gasteiger partial charge in [0.05, 0.1) is 17.0 Å². The molecule has 3 heterocycles. The molecule has 1 unspecified atom stereocenters. The molecule has 1 atom stereocenters. The minimum absolute atomic E-state index is 0.0315. The van der Waals surface area contributed by atoms with Gasteiger partial charge >= 0.3 is 0 Å². The van der Waals surface area contributed by atoms with Crippen LogP contribution in [0.15, 0.2) is 82.3 Å². The van der Waals surface area contributed by atoms with Crippen molar-refractivity contribution in [3.05, 3.63) is 112 Å². The molecule has 5 rings (SSSR count). The molecule has 5 nitrogen and oxygen atoms in total. The fraction of sp³-hybridized carbons (Fsp3) is 0.0870. The summed E-state index contributed by atoms with van der Waals surface area (Å²) in [6, 6.07) is 15.6. The third-order valence-electron chi connectivity index (χ3n) is 5.18. The highest BCUT2D eigenvalue weighted by Crippen LogP contribution is 2.39. The van der Waals surface area contributed by atoms with Gasteiger partial charge in [-0.3, -0.25) is 14.6 Å². The van der Waals surface area contributed by atoms with Crippen LogP contribution in [0.3, 0.4) is 0 Å². The van der Waals surface area contributed by atoms with Crippen LogP contribution >= 0.6 is 0 Å². The summed E-state index contributed by atoms with van der Waals surface area (Å²) >= 11 is 0. The molecular formula is C23H15FN2O3. The summed E-state index contributed by atoms with van der Waals surface area (Å²) < 4.78 is 20.6. The zero-order chi connectivity index (χ0) is 20.0. The fourth-order valence-electron chi connectivity index (χ4n) is 3.84. The summed E-state index contributed by atoms with van der Waals surface area (Å²) in [6.45, 7) is 0.195. The number of fused-ring (bicyclic) bond motifs is 2. The van der Waals surface area contributed by atoms with Crippen molar-refractivity contribution in [2.45, 2.75) is 12.6 Å². The zero-order valence-corrected chi connectivity index (χ0v) is 15.2. The van der Waals surface area contributed by atoms with Gasteiger partial charge in [0.2, 0.25) is 5.76 Å². The summed E-state index contributed by atoms with van der Waals surface area (Å²) in [5.41, 5.74) is 1.27. The number of hydrogen-bond donors (Lipinski definition) is 0. The average molecular weight is 386 g/mol. The summed E-state index contributed by atoms with van der Waals surface area (Å²) in [5, 5.41) is 0.367. The van der Waals surface area contributed by atoms with E-state index in [1.54, 1.807) is 67.0 Å². The number of nitrogens with zero attached hydrogens (tertiary/aromatic N) is 2. The summed E-state index contributed by atoms with van der Waals surface area (Å²) in [7, 11) is 0. The number of hydrogen-bond acceptors (Lipinski definition) is 4. The minimum Gasteiger partial charge on any atom is -0.450 e. The number of halogens is 1. The van der Waals surface area contributed by atoms with Crippen LogP contribution < -0.4 is 5.43 Å². The van der Waals surface area contributed by atoms with Gasteiger partial charge in [-0.15, -0.1) is 0 Å². The quantitative estimate of drug-likeness (QED) is 0.532. The SMILES string of the molecule is O=C1c2oc3ccccc3c(=O)c2C(c2ccccc2F)N1Cc1ccncc1. The second kappa shape index (κ2) is 6.67. The number of carbonyl (C=O) groups excluding carboxylic acids is 1. The highest BCUT2D eigenvalue weighted by atomic mass is 19.1. The first kappa shape index (κ1) is 17.3. The van der Waals surface area contributed by atoms with Gasteiger partial charge in [0.1, 0.15) is 11.4 Å². The molecule has 142 valence electrons. The van der Waals surface area contributed by atoms with E-state index in [4.69, 9.17) is 4.42 Å². The van der Waals surface area contributed by atoms with Crippen LogP contribution in [-0.2, 0) is 6.54 Å². The lowest BCUT2D eigenvalue weighted by atomic mass is 9.98. The third kappa shape index (κ3) is 2.72. The van der Waals surface area contributed by atoms with Crippen molar-refractivity contribution >= 4 is 16.9 Å². The van der Waals surface area contributed by atoms with Crippen molar-refractivity contribution in [2.75, 3.05) is 0 Å². The molecule has 0 saturated carbocycles. The molecule has 0 spiro atoms. The molecule has 0 bridgehead atoms. The first-order valence-corrected chi connectivity index (χ1v) is 9.15. The number of pyridine rings is 1. The highest BCUT2D eigenvalue weighted by molar-refractivity contribution is 5.99. The lowest BCUT2D eigenvalue weighted by Gasteiger charge is -2.25. The van der Waals surface area contributed by atoms with Crippen LogP contribution in [-0.4, -0.2) is 15.8 Å². The Hall–Kier alpha value is -3.80. The monoisotopic (exact) mass is 386 g/mol. The van der Waals surface area contributed by atoms with Crippen LogP contribution in [0.4, 0.5) is 4.39 Å². The van der Waals surface area contributed by atoms with Gasteiger partial charge < -0.3 is 9.32 Å². The third-order valence-corrected chi connectivity index (χ3v) is 5.18. The largest absolute Gasteiger partial charge is 0.450 e. The second-order valence-corrected chi connectivity index (χ2v) is 6.88. The Morgan fingerprint density at radius 2 is 1.69 bits per heavy atom. The van der Waals surface area contributed by atoms with E-state index in [9.17, 15) is 14.0 Å². The molecule has 6 heteroatoms. The zero-order valence-electron chi connectivity index (χ0n) is 15.2. The maximum Gasteiger partial charge on any atom is 0.291 e. The molecule has 0 radical (unpaired) electrons. The minimum atomic E-state index is -0.868. The van der Waals surface area contributed by atoms with E-state index >= 15 is 0 Å². The Labute approximate surface area is 165 Å². The van der Waals surface area contributed by atoms with Gasteiger partial charge in [-0.25, -0.2) is 4.39 Å². The van der Waals surface area contributed by atoms with Crippen LogP contribution in [0.25, 0.3) is 11.0 Å². The maximum absolute atomic E-state index is 14.7. The summed E-state index contributed by atoms with van der Waals surface area (Å²) in [4.78, 5) is 32.0. The molecule has 0 aliphatic carbocycles. The van der Waals surface area contributed by atoms with Crippen molar-refractivity contribution in [2.24, 2.45) is 0 Å². The van der Waals surface area contributed by atoms with Crippen molar-refractivity contribution in [3.63, 3.8) is 0 Å². The first-order chi connectivity index (χ1) is 14.1. The van der Waals surface area contributed by atoms with E-state index in [0.29, 0.717) is 11.0 Å². The average Bonchev–Trinajstić information content (AvgIpc) is 3.01. The number of rotatable bonds is 3. The predicted octanol–water partition coefficient (Wildman–Crippen LogP) is 4.07. The van der Waals surface area contributed by atoms with Gasteiger partial charge in [-0.1, -0.05) is 30.3 Å². The second-order valence-electron chi connectivity index (χ2n) is 6.88. The molecule has 0 N–H and O–H groups in total. The Bertz CT molecular complexity index is 1300. The van der Waals surface area contributed by atoms with Crippen LogP contribution in [0, 0.1) is 5.82 Å². The fourth-order valence-corrected chi connectivity index (χ4v) is 3.84. The van der Waals surface area contributed by atoms with Gasteiger partial charge in [-0.05, 0) is 35.9 Å². The van der Waals surface area contributed by atoms with Crippen LogP contribution in [0.5, 0.6) is 0 Å². The lowest BCUT2D eigenvalue weighted by Crippen LogP contribution is -2.29. The molecule has 29 heavy (non-hydrogen) atoms. The number of benzene rings is 2. The topological polar surface area (TPSA) is 63.4 Å². The van der Waals surface area contributed by atoms with E-state index < -0.39 is 17.8 Å². The van der Waals surface area contributed by atoms with Crippen molar-refractivity contribution in [1.29, 1.82) is 0 Å². The van der Waals surface area contributed by atoms with E-state index in [2.05, 4.69) is 4.98 Å². The molecule has 2 aromatic carbocycles. The molecule has 0 fully saturated rings. The van der Waals surface area contributed by atoms with Crippen LogP contribution in [0.2, 0.25) is 0 Å². The predicted molar refractivity (Wildman–Crippen MR) is 105 cm³/mol. The van der Waals surface area contributed by atoms with Gasteiger partial charge in [-0.2, -0.15) is 0 Å². The molecule has 2 aromatic heterocycles. The number of aromatic nitrogens is 1. The van der Waals surface area contributed by atoms with Gasteiger partial charge in [0.25, 0.3) is 5.91 Å². The Balaban J connectivity index is 1.76. The number of amides is 1. The number of para-hydroxylation sites is 1. The van der Waals surface area contributed by atoms with Crippen LogP contribution in [0.1, 0.15) is 33.3 Å². The number of carbonyl (C=O) groups is 1. The van der Waals surface area contributed by atoms with Gasteiger partial charge in [0.15, 0.2) is 5.43 Å². The van der Waals surface area contributed by atoms with Crippen molar-refractivity contribution in [1.82, 2.24) is 9.88 Å². The Morgan fingerprint density at radius 3 is 2.48 bits per heavy atom. The molecular weight excluding hydrogens is 371 g/mol. The molecule has 1 aliphatic heterocycles. The van der Waals surface area contributed by atoms with Gasteiger partial charge in [0, 0.05) is 24.5 Å². The lowest BCUT2D eigenvalue weighted by molar-refractivity contribution is 0.0712. The van der Waals surface area contributed by atoms with E-state index in [1.165, 1.54) is 11.0 Å².